The van der Waals surface area contributed by atoms with Crippen molar-refractivity contribution in [3.8, 4) is 11.6 Å². The highest BCUT2D eigenvalue weighted by Gasteiger charge is 2.28. The van der Waals surface area contributed by atoms with Gasteiger partial charge in [-0.2, -0.15) is 0 Å². The largest absolute Gasteiger partial charge is 0.484 e. The first-order chi connectivity index (χ1) is 11.6. The number of likely N-dealkylation sites (tertiary alicyclic amines) is 1. The lowest BCUT2D eigenvalue weighted by atomic mass is 10.2. The van der Waals surface area contributed by atoms with Crippen LogP contribution >= 0.6 is 15.9 Å². The number of aromatic nitrogens is 1. The second-order valence-electron chi connectivity index (χ2n) is 5.76. The SMILES string of the molecule is Cc1ccc(OCC(=O)N2CCC(Oc3ncccc3Br)C2)cc1. The van der Waals surface area contributed by atoms with Crippen molar-refractivity contribution in [2.24, 2.45) is 0 Å². The number of hydrogen-bond donors (Lipinski definition) is 0. The molecule has 1 amide bonds. The number of hydrogen-bond acceptors (Lipinski definition) is 4. The van der Waals surface area contributed by atoms with E-state index in [1.165, 1.54) is 0 Å². The molecule has 0 N–H and O–H groups in total. The van der Waals surface area contributed by atoms with Gasteiger partial charge in [0.05, 0.1) is 11.0 Å². The molecule has 24 heavy (non-hydrogen) atoms. The van der Waals surface area contributed by atoms with Crippen LogP contribution in [0.15, 0.2) is 47.1 Å². The van der Waals surface area contributed by atoms with E-state index in [0.717, 1.165) is 16.5 Å². The van der Waals surface area contributed by atoms with Gasteiger partial charge in [0.15, 0.2) is 6.61 Å². The van der Waals surface area contributed by atoms with Gasteiger partial charge in [-0.25, -0.2) is 4.98 Å². The molecule has 1 atom stereocenters. The molecule has 0 spiro atoms. The Morgan fingerprint density at radius 1 is 1.33 bits per heavy atom. The van der Waals surface area contributed by atoms with Crippen molar-refractivity contribution in [3.05, 3.63) is 52.6 Å². The van der Waals surface area contributed by atoms with Crippen LogP contribution in [0.4, 0.5) is 0 Å². The molecule has 1 aromatic carbocycles. The van der Waals surface area contributed by atoms with Crippen LogP contribution in [0.5, 0.6) is 11.6 Å². The minimum Gasteiger partial charge on any atom is -0.484 e. The van der Waals surface area contributed by atoms with Gasteiger partial charge < -0.3 is 14.4 Å². The first kappa shape index (κ1) is 16.8. The standard InChI is InChI=1S/C18H19BrN2O3/c1-13-4-6-14(7-5-13)23-12-17(22)21-10-8-15(11-21)24-18-16(19)3-2-9-20-18/h2-7,9,15H,8,10-12H2,1H3. The van der Waals surface area contributed by atoms with Crippen LogP contribution in [-0.4, -0.2) is 41.6 Å². The van der Waals surface area contributed by atoms with Gasteiger partial charge >= 0.3 is 0 Å². The van der Waals surface area contributed by atoms with Gasteiger partial charge in [-0.05, 0) is 47.1 Å². The second-order valence-corrected chi connectivity index (χ2v) is 6.61. The van der Waals surface area contributed by atoms with Crippen LogP contribution in [0, 0.1) is 6.92 Å². The van der Waals surface area contributed by atoms with Crippen LogP contribution in [-0.2, 0) is 4.79 Å². The first-order valence-corrected chi connectivity index (χ1v) is 8.65. The number of ether oxygens (including phenoxy) is 2. The van der Waals surface area contributed by atoms with E-state index in [1.54, 1.807) is 11.1 Å². The Hall–Kier alpha value is -2.08. The molecule has 0 aliphatic carbocycles. The summed E-state index contributed by atoms with van der Waals surface area (Å²) in [4.78, 5) is 18.2. The molecule has 1 aromatic heterocycles. The molecule has 5 nitrogen and oxygen atoms in total. The van der Waals surface area contributed by atoms with Crippen molar-refractivity contribution >= 4 is 21.8 Å². The summed E-state index contributed by atoms with van der Waals surface area (Å²) in [5, 5.41) is 0. The molecule has 0 bridgehead atoms. The van der Waals surface area contributed by atoms with Gasteiger partial charge in [-0.1, -0.05) is 17.7 Å². The third-order valence-corrected chi connectivity index (χ3v) is 4.49. The number of rotatable bonds is 5. The molecule has 1 unspecified atom stereocenters. The normalized spacial score (nSPS) is 16.9. The Bertz CT molecular complexity index is 706. The average Bonchev–Trinajstić information content (AvgIpc) is 3.05. The molecule has 2 aromatic rings. The summed E-state index contributed by atoms with van der Waals surface area (Å²) in [5.41, 5.74) is 1.16. The van der Waals surface area contributed by atoms with Crippen molar-refractivity contribution in [2.45, 2.75) is 19.4 Å². The van der Waals surface area contributed by atoms with E-state index in [2.05, 4.69) is 20.9 Å². The highest BCUT2D eigenvalue weighted by atomic mass is 79.9. The molecule has 0 radical (unpaired) electrons. The van der Waals surface area contributed by atoms with Gasteiger partial charge in [0.25, 0.3) is 5.91 Å². The Labute approximate surface area is 149 Å². The predicted octanol–water partition coefficient (Wildman–Crippen LogP) is 3.21. The van der Waals surface area contributed by atoms with Crippen molar-refractivity contribution in [1.29, 1.82) is 0 Å². The highest BCUT2D eigenvalue weighted by molar-refractivity contribution is 9.10. The zero-order valence-electron chi connectivity index (χ0n) is 13.4. The monoisotopic (exact) mass is 390 g/mol. The summed E-state index contributed by atoms with van der Waals surface area (Å²) >= 11 is 3.42. The third kappa shape index (κ3) is 4.26. The van der Waals surface area contributed by atoms with E-state index in [1.807, 2.05) is 43.3 Å². The van der Waals surface area contributed by atoms with Gasteiger partial charge in [0.1, 0.15) is 11.9 Å². The van der Waals surface area contributed by atoms with E-state index in [9.17, 15) is 4.79 Å². The summed E-state index contributed by atoms with van der Waals surface area (Å²) in [5.74, 6) is 1.24. The number of amides is 1. The Balaban J connectivity index is 1.49. The van der Waals surface area contributed by atoms with E-state index >= 15 is 0 Å². The molecule has 0 saturated carbocycles. The number of carbonyl (C=O) groups is 1. The van der Waals surface area contributed by atoms with Crippen molar-refractivity contribution < 1.29 is 14.3 Å². The first-order valence-electron chi connectivity index (χ1n) is 7.86. The maximum absolute atomic E-state index is 12.3. The lowest BCUT2D eigenvalue weighted by Crippen LogP contribution is -2.34. The average molecular weight is 391 g/mol. The minimum atomic E-state index is -0.0421. The molecule has 3 rings (SSSR count). The van der Waals surface area contributed by atoms with Crippen LogP contribution in [0.2, 0.25) is 0 Å². The van der Waals surface area contributed by atoms with E-state index < -0.39 is 0 Å². The van der Waals surface area contributed by atoms with Crippen molar-refractivity contribution in [1.82, 2.24) is 9.88 Å². The Kier molecular flexibility index (Phi) is 5.35. The Morgan fingerprint density at radius 2 is 2.12 bits per heavy atom. The smallest absolute Gasteiger partial charge is 0.260 e. The maximum Gasteiger partial charge on any atom is 0.260 e. The van der Waals surface area contributed by atoms with Crippen LogP contribution in [0.1, 0.15) is 12.0 Å². The zero-order valence-corrected chi connectivity index (χ0v) is 15.0. The number of nitrogens with zero attached hydrogens (tertiary/aromatic N) is 2. The lowest BCUT2D eigenvalue weighted by Gasteiger charge is -2.17. The lowest BCUT2D eigenvalue weighted by molar-refractivity contribution is -0.132. The summed E-state index contributed by atoms with van der Waals surface area (Å²) in [7, 11) is 0. The van der Waals surface area contributed by atoms with Crippen molar-refractivity contribution in [2.75, 3.05) is 19.7 Å². The number of aryl methyl sites for hydroxylation is 1. The highest BCUT2D eigenvalue weighted by Crippen LogP contribution is 2.24. The predicted molar refractivity (Wildman–Crippen MR) is 94.2 cm³/mol. The zero-order chi connectivity index (χ0) is 16.9. The number of halogens is 1. The van der Waals surface area contributed by atoms with E-state index in [4.69, 9.17) is 9.47 Å². The van der Waals surface area contributed by atoms with Gasteiger partial charge in [-0.15, -0.1) is 0 Å². The molecule has 1 fully saturated rings. The summed E-state index contributed by atoms with van der Waals surface area (Å²) in [6, 6.07) is 11.4. The second kappa shape index (κ2) is 7.66. The third-order valence-electron chi connectivity index (χ3n) is 3.88. The van der Waals surface area contributed by atoms with Crippen molar-refractivity contribution in [3.63, 3.8) is 0 Å². The number of pyridine rings is 1. The number of benzene rings is 1. The quantitative estimate of drug-likeness (QED) is 0.786. The minimum absolute atomic E-state index is 0.0261. The van der Waals surface area contributed by atoms with E-state index in [0.29, 0.717) is 24.7 Å². The summed E-state index contributed by atoms with van der Waals surface area (Å²) in [6.07, 6.45) is 2.44. The fourth-order valence-corrected chi connectivity index (χ4v) is 2.89. The van der Waals surface area contributed by atoms with E-state index in [-0.39, 0.29) is 18.6 Å². The van der Waals surface area contributed by atoms with Crippen LogP contribution in [0.25, 0.3) is 0 Å². The molecule has 6 heteroatoms. The Morgan fingerprint density at radius 3 is 2.88 bits per heavy atom. The van der Waals surface area contributed by atoms with Gasteiger partial charge in [0.2, 0.25) is 5.88 Å². The van der Waals surface area contributed by atoms with Crippen LogP contribution in [0.3, 0.4) is 0 Å². The summed E-state index contributed by atoms with van der Waals surface area (Å²) in [6.45, 7) is 3.28. The van der Waals surface area contributed by atoms with Gasteiger partial charge in [0, 0.05) is 19.2 Å². The molecule has 1 aliphatic heterocycles. The fourth-order valence-electron chi connectivity index (χ4n) is 2.54. The number of carbonyl (C=O) groups excluding carboxylic acids is 1. The molecule has 2 heterocycles. The topological polar surface area (TPSA) is 51.7 Å². The van der Waals surface area contributed by atoms with Gasteiger partial charge in [-0.3, -0.25) is 4.79 Å². The molecular formula is C18H19BrN2O3. The maximum atomic E-state index is 12.3. The molecular weight excluding hydrogens is 372 g/mol. The molecule has 1 saturated heterocycles. The fraction of sp³-hybridized carbons (Fsp3) is 0.333. The van der Waals surface area contributed by atoms with Crippen LogP contribution < -0.4 is 9.47 Å². The summed E-state index contributed by atoms with van der Waals surface area (Å²) < 4.78 is 12.2. The molecule has 126 valence electrons. The molecule has 1 aliphatic rings.